The van der Waals surface area contributed by atoms with Gasteiger partial charge in [-0.05, 0) is 28.8 Å². The lowest BCUT2D eigenvalue weighted by Crippen LogP contribution is -2.37. The Bertz CT molecular complexity index is 805. The van der Waals surface area contributed by atoms with Crippen molar-refractivity contribution in [3.63, 3.8) is 0 Å². The molecule has 0 aliphatic carbocycles. The third-order valence-corrected chi connectivity index (χ3v) is 5.23. The van der Waals surface area contributed by atoms with Crippen molar-refractivity contribution in [1.82, 2.24) is 15.5 Å². The Hall–Kier alpha value is -2.61. The molecule has 0 unspecified atom stereocenters. The maximum Gasteiger partial charge on any atom is 0.191 e. The van der Waals surface area contributed by atoms with Crippen molar-refractivity contribution in [2.75, 3.05) is 53.7 Å². The van der Waals surface area contributed by atoms with Crippen molar-refractivity contribution < 1.29 is 14.2 Å². The molecule has 1 aliphatic heterocycles. The average Bonchev–Trinajstić information content (AvgIpc) is 2.82. The monoisotopic (exact) mass is 426 g/mol. The Morgan fingerprint density at radius 1 is 0.968 bits per heavy atom. The summed E-state index contributed by atoms with van der Waals surface area (Å²) in [4.78, 5) is 6.80. The van der Waals surface area contributed by atoms with E-state index in [1.54, 1.807) is 14.2 Å². The van der Waals surface area contributed by atoms with Crippen LogP contribution in [-0.2, 0) is 29.1 Å². The molecule has 0 spiro atoms. The van der Waals surface area contributed by atoms with Crippen LogP contribution in [0.2, 0.25) is 0 Å². The molecular weight excluding hydrogens is 392 g/mol. The van der Waals surface area contributed by atoms with Gasteiger partial charge in [0.05, 0.1) is 19.8 Å². The SMILES string of the molecule is CN=C(NCc1ccc(OCCOC)cc1)NCc1ccccc1CN1CCOCC1. The quantitative estimate of drug-likeness (QED) is 0.346. The summed E-state index contributed by atoms with van der Waals surface area (Å²) in [6, 6.07) is 16.6. The van der Waals surface area contributed by atoms with E-state index >= 15 is 0 Å². The van der Waals surface area contributed by atoms with Gasteiger partial charge < -0.3 is 24.8 Å². The molecule has 31 heavy (non-hydrogen) atoms. The first-order valence-electron chi connectivity index (χ1n) is 10.8. The summed E-state index contributed by atoms with van der Waals surface area (Å²) in [5, 5.41) is 6.82. The van der Waals surface area contributed by atoms with Crippen molar-refractivity contribution in [3.05, 3.63) is 65.2 Å². The van der Waals surface area contributed by atoms with Crippen molar-refractivity contribution >= 4 is 5.96 Å². The van der Waals surface area contributed by atoms with Gasteiger partial charge in [0.2, 0.25) is 0 Å². The number of aliphatic imine (C=N–C) groups is 1. The van der Waals surface area contributed by atoms with Crippen molar-refractivity contribution in [3.8, 4) is 5.75 Å². The zero-order valence-corrected chi connectivity index (χ0v) is 18.6. The number of benzene rings is 2. The highest BCUT2D eigenvalue weighted by atomic mass is 16.5. The largest absolute Gasteiger partial charge is 0.491 e. The van der Waals surface area contributed by atoms with Crippen LogP contribution in [0.1, 0.15) is 16.7 Å². The molecule has 2 N–H and O–H groups in total. The van der Waals surface area contributed by atoms with E-state index in [1.807, 2.05) is 12.1 Å². The van der Waals surface area contributed by atoms with E-state index in [9.17, 15) is 0 Å². The van der Waals surface area contributed by atoms with Crippen LogP contribution in [0.3, 0.4) is 0 Å². The van der Waals surface area contributed by atoms with Gasteiger partial charge in [-0.3, -0.25) is 9.89 Å². The Balaban J connectivity index is 1.47. The van der Waals surface area contributed by atoms with Crippen LogP contribution in [0, 0.1) is 0 Å². The Kier molecular flexibility index (Phi) is 9.63. The summed E-state index contributed by atoms with van der Waals surface area (Å²) in [6.07, 6.45) is 0. The second-order valence-corrected chi connectivity index (χ2v) is 7.42. The third-order valence-electron chi connectivity index (χ3n) is 5.23. The van der Waals surface area contributed by atoms with Crippen molar-refractivity contribution in [2.24, 2.45) is 4.99 Å². The summed E-state index contributed by atoms with van der Waals surface area (Å²) < 4.78 is 16.1. The lowest BCUT2D eigenvalue weighted by atomic mass is 10.1. The maximum absolute atomic E-state index is 5.61. The zero-order chi connectivity index (χ0) is 21.7. The van der Waals surface area contributed by atoms with E-state index in [2.05, 4.69) is 56.9 Å². The normalized spacial score (nSPS) is 15.0. The lowest BCUT2D eigenvalue weighted by Gasteiger charge is -2.27. The Morgan fingerprint density at radius 2 is 1.68 bits per heavy atom. The third kappa shape index (κ3) is 7.86. The fraction of sp³-hybridized carbons (Fsp3) is 0.458. The molecule has 0 amide bonds. The molecule has 3 rings (SSSR count). The van der Waals surface area contributed by atoms with Crippen molar-refractivity contribution in [2.45, 2.75) is 19.6 Å². The topological polar surface area (TPSA) is 67.4 Å². The van der Waals surface area contributed by atoms with Crippen LogP contribution < -0.4 is 15.4 Å². The molecule has 2 aromatic rings. The molecule has 1 saturated heterocycles. The maximum atomic E-state index is 5.61. The van der Waals surface area contributed by atoms with Crippen LogP contribution in [-0.4, -0.2) is 64.5 Å². The molecule has 0 bridgehead atoms. The zero-order valence-electron chi connectivity index (χ0n) is 18.6. The summed E-state index contributed by atoms with van der Waals surface area (Å²) in [6.45, 7) is 7.11. The number of guanidine groups is 1. The lowest BCUT2D eigenvalue weighted by molar-refractivity contribution is 0.0341. The Labute approximate surface area is 185 Å². The number of methoxy groups -OCH3 is 1. The standard InChI is InChI=1S/C24H34N4O3/c1-25-24(26-17-20-7-9-23(10-8-20)31-16-15-29-2)27-18-21-5-3-4-6-22(21)19-28-11-13-30-14-12-28/h3-10H,11-19H2,1-2H3,(H2,25,26,27). The smallest absolute Gasteiger partial charge is 0.191 e. The van der Waals surface area contributed by atoms with E-state index in [-0.39, 0.29) is 0 Å². The fourth-order valence-corrected chi connectivity index (χ4v) is 3.42. The van der Waals surface area contributed by atoms with E-state index in [0.717, 1.165) is 56.7 Å². The van der Waals surface area contributed by atoms with Crippen LogP contribution in [0.15, 0.2) is 53.5 Å². The number of nitrogens with one attached hydrogen (secondary N) is 2. The van der Waals surface area contributed by atoms with E-state index < -0.39 is 0 Å². The first kappa shape index (κ1) is 23.1. The molecule has 0 radical (unpaired) electrons. The van der Waals surface area contributed by atoms with Gasteiger partial charge in [0, 0.05) is 46.9 Å². The van der Waals surface area contributed by atoms with Gasteiger partial charge in [0.25, 0.3) is 0 Å². The van der Waals surface area contributed by atoms with E-state index in [0.29, 0.717) is 19.8 Å². The average molecular weight is 427 g/mol. The van der Waals surface area contributed by atoms with Gasteiger partial charge in [-0.25, -0.2) is 0 Å². The van der Waals surface area contributed by atoms with Crippen molar-refractivity contribution in [1.29, 1.82) is 0 Å². The molecule has 1 fully saturated rings. The van der Waals surface area contributed by atoms with Gasteiger partial charge in [-0.1, -0.05) is 36.4 Å². The minimum absolute atomic E-state index is 0.553. The van der Waals surface area contributed by atoms with Gasteiger partial charge in [-0.15, -0.1) is 0 Å². The molecule has 1 heterocycles. The predicted octanol–water partition coefficient (Wildman–Crippen LogP) is 2.41. The van der Waals surface area contributed by atoms with Gasteiger partial charge in [0.1, 0.15) is 12.4 Å². The summed E-state index contributed by atoms with van der Waals surface area (Å²) in [5.41, 5.74) is 3.79. The molecule has 7 heteroatoms. The van der Waals surface area contributed by atoms with Gasteiger partial charge in [0.15, 0.2) is 5.96 Å². The van der Waals surface area contributed by atoms with E-state index in [4.69, 9.17) is 14.2 Å². The van der Waals surface area contributed by atoms with Crippen LogP contribution in [0.5, 0.6) is 5.75 Å². The molecule has 2 aromatic carbocycles. The molecule has 0 atom stereocenters. The van der Waals surface area contributed by atoms with Crippen LogP contribution in [0.25, 0.3) is 0 Å². The minimum atomic E-state index is 0.553. The molecule has 7 nitrogen and oxygen atoms in total. The van der Waals surface area contributed by atoms with Crippen LogP contribution in [0.4, 0.5) is 0 Å². The highest BCUT2D eigenvalue weighted by Crippen LogP contribution is 2.14. The molecule has 0 saturated carbocycles. The van der Waals surface area contributed by atoms with E-state index in [1.165, 1.54) is 11.1 Å². The Morgan fingerprint density at radius 3 is 2.39 bits per heavy atom. The number of rotatable bonds is 10. The molecular formula is C24H34N4O3. The van der Waals surface area contributed by atoms with Crippen LogP contribution >= 0.6 is 0 Å². The second-order valence-electron chi connectivity index (χ2n) is 7.42. The van der Waals surface area contributed by atoms with Gasteiger partial charge >= 0.3 is 0 Å². The number of hydrogen-bond donors (Lipinski definition) is 2. The predicted molar refractivity (Wildman–Crippen MR) is 123 cm³/mol. The number of morpholine rings is 1. The molecule has 1 aliphatic rings. The summed E-state index contributed by atoms with van der Waals surface area (Å²) >= 11 is 0. The summed E-state index contributed by atoms with van der Waals surface area (Å²) in [5.74, 6) is 1.63. The minimum Gasteiger partial charge on any atom is -0.491 e. The molecule has 0 aromatic heterocycles. The first-order chi connectivity index (χ1) is 15.3. The molecule has 168 valence electrons. The highest BCUT2D eigenvalue weighted by molar-refractivity contribution is 5.79. The number of hydrogen-bond acceptors (Lipinski definition) is 5. The second kappa shape index (κ2) is 12.9. The first-order valence-corrected chi connectivity index (χ1v) is 10.8. The van der Waals surface area contributed by atoms with Gasteiger partial charge in [-0.2, -0.15) is 0 Å². The number of nitrogens with zero attached hydrogens (tertiary/aromatic N) is 2. The summed E-state index contributed by atoms with van der Waals surface area (Å²) in [7, 11) is 3.46. The highest BCUT2D eigenvalue weighted by Gasteiger charge is 2.12. The fourth-order valence-electron chi connectivity index (χ4n) is 3.42. The number of ether oxygens (including phenoxy) is 3.